The maximum atomic E-state index is 13.1. The number of benzene rings is 2. The van der Waals surface area contributed by atoms with E-state index >= 15 is 0 Å². The third-order valence-electron chi connectivity index (χ3n) is 5.37. The van der Waals surface area contributed by atoms with E-state index in [2.05, 4.69) is 15.9 Å². The maximum Gasteiger partial charge on any atom is 0.295 e. The molecule has 176 valence electrons. The van der Waals surface area contributed by atoms with Gasteiger partial charge >= 0.3 is 0 Å². The number of hydrogen-bond donors (Lipinski definition) is 1. The minimum atomic E-state index is -0.750. The number of methoxy groups -OCH3 is 2. The highest BCUT2D eigenvalue weighted by atomic mass is 79.9. The van der Waals surface area contributed by atoms with Gasteiger partial charge in [-0.15, -0.1) is 0 Å². The van der Waals surface area contributed by atoms with Crippen LogP contribution in [0.25, 0.3) is 5.76 Å². The van der Waals surface area contributed by atoms with Crippen molar-refractivity contribution in [2.75, 3.05) is 27.4 Å². The number of aliphatic hydroxyl groups is 1. The van der Waals surface area contributed by atoms with Gasteiger partial charge in [0.05, 0.1) is 36.4 Å². The Kier molecular flexibility index (Phi) is 8.15. The van der Waals surface area contributed by atoms with Crippen molar-refractivity contribution in [1.82, 2.24) is 4.90 Å². The van der Waals surface area contributed by atoms with Gasteiger partial charge in [-0.3, -0.25) is 9.59 Å². The van der Waals surface area contributed by atoms with Gasteiger partial charge in [0.15, 0.2) is 0 Å². The molecule has 0 aliphatic carbocycles. The first-order chi connectivity index (χ1) is 15.8. The SMILES string of the molecule is COc1cccc(C2/C(=C(/O)c3ccc(OC)c(Br)c3)C(=O)C(=O)N2CCCOC(C)C)c1. The molecule has 33 heavy (non-hydrogen) atoms. The van der Waals surface area contributed by atoms with Gasteiger partial charge in [-0.25, -0.2) is 0 Å². The van der Waals surface area contributed by atoms with E-state index in [9.17, 15) is 14.7 Å². The molecule has 1 unspecified atom stereocenters. The fraction of sp³-hybridized carbons (Fsp3) is 0.360. The lowest BCUT2D eigenvalue weighted by Crippen LogP contribution is -2.31. The second-order valence-corrected chi connectivity index (χ2v) is 8.75. The summed E-state index contributed by atoms with van der Waals surface area (Å²) in [6, 6.07) is 11.4. The van der Waals surface area contributed by atoms with Crippen molar-refractivity contribution < 1.29 is 28.9 Å². The topological polar surface area (TPSA) is 85.3 Å². The van der Waals surface area contributed by atoms with Crippen LogP contribution in [-0.4, -0.2) is 55.2 Å². The van der Waals surface area contributed by atoms with E-state index in [1.165, 1.54) is 12.0 Å². The van der Waals surface area contributed by atoms with Crippen LogP contribution in [0.1, 0.15) is 37.4 Å². The molecule has 8 heteroatoms. The Morgan fingerprint density at radius 2 is 1.88 bits per heavy atom. The highest BCUT2D eigenvalue weighted by molar-refractivity contribution is 9.10. The number of Topliss-reactive ketones (excluding diaryl/α,β-unsaturated/α-hetero) is 1. The molecule has 1 aliphatic heterocycles. The summed E-state index contributed by atoms with van der Waals surface area (Å²) in [4.78, 5) is 27.6. The van der Waals surface area contributed by atoms with Gasteiger partial charge in [0, 0.05) is 18.7 Å². The Balaban J connectivity index is 2.07. The summed E-state index contributed by atoms with van der Waals surface area (Å²) >= 11 is 3.40. The number of carbonyl (C=O) groups is 2. The van der Waals surface area contributed by atoms with Crippen LogP contribution in [0, 0.1) is 0 Å². The molecule has 0 bridgehead atoms. The molecule has 3 rings (SSSR count). The van der Waals surface area contributed by atoms with Crippen LogP contribution in [0.3, 0.4) is 0 Å². The molecule has 1 heterocycles. The van der Waals surface area contributed by atoms with Gasteiger partial charge in [-0.05, 0) is 72.1 Å². The van der Waals surface area contributed by atoms with Gasteiger partial charge < -0.3 is 24.2 Å². The van der Waals surface area contributed by atoms with Crippen molar-refractivity contribution in [3.05, 3.63) is 63.6 Å². The van der Waals surface area contributed by atoms with Crippen molar-refractivity contribution in [2.24, 2.45) is 0 Å². The number of ether oxygens (including phenoxy) is 3. The summed E-state index contributed by atoms with van der Waals surface area (Å²) in [6.07, 6.45) is 0.628. The fourth-order valence-corrected chi connectivity index (χ4v) is 4.33. The van der Waals surface area contributed by atoms with Crippen molar-refractivity contribution >= 4 is 33.4 Å². The van der Waals surface area contributed by atoms with Crippen LogP contribution in [-0.2, 0) is 14.3 Å². The molecular weight excluding hydrogens is 490 g/mol. The summed E-state index contributed by atoms with van der Waals surface area (Å²) < 4.78 is 16.8. The minimum Gasteiger partial charge on any atom is -0.507 e. The largest absolute Gasteiger partial charge is 0.507 e. The van der Waals surface area contributed by atoms with Gasteiger partial charge in [-0.1, -0.05) is 12.1 Å². The van der Waals surface area contributed by atoms with E-state index in [-0.39, 0.29) is 17.4 Å². The van der Waals surface area contributed by atoms with E-state index in [0.29, 0.717) is 46.7 Å². The molecule has 1 saturated heterocycles. The molecule has 0 saturated carbocycles. The zero-order valence-electron chi connectivity index (χ0n) is 19.1. The zero-order valence-corrected chi connectivity index (χ0v) is 20.7. The Bertz CT molecular complexity index is 1060. The van der Waals surface area contributed by atoms with Crippen LogP contribution in [0.2, 0.25) is 0 Å². The van der Waals surface area contributed by atoms with E-state index in [1.807, 2.05) is 19.9 Å². The van der Waals surface area contributed by atoms with E-state index < -0.39 is 17.7 Å². The van der Waals surface area contributed by atoms with Crippen LogP contribution < -0.4 is 9.47 Å². The summed E-state index contributed by atoms with van der Waals surface area (Å²) in [5.74, 6) is -0.445. The Hall–Kier alpha value is -2.84. The first-order valence-corrected chi connectivity index (χ1v) is 11.5. The van der Waals surface area contributed by atoms with Crippen molar-refractivity contribution in [3.8, 4) is 11.5 Å². The number of nitrogens with zero attached hydrogens (tertiary/aromatic N) is 1. The van der Waals surface area contributed by atoms with Crippen LogP contribution in [0.15, 0.2) is 52.5 Å². The number of hydrogen-bond acceptors (Lipinski definition) is 6. The predicted octanol–water partition coefficient (Wildman–Crippen LogP) is 4.70. The normalized spacial score (nSPS) is 17.6. The number of amides is 1. The monoisotopic (exact) mass is 517 g/mol. The fourth-order valence-electron chi connectivity index (χ4n) is 3.79. The molecule has 7 nitrogen and oxygen atoms in total. The molecule has 1 atom stereocenters. The molecule has 2 aromatic rings. The van der Waals surface area contributed by atoms with Crippen molar-refractivity contribution in [1.29, 1.82) is 0 Å². The summed E-state index contributed by atoms with van der Waals surface area (Å²) in [5, 5.41) is 11.2. The molecular formula is C25H28BrNO6. The van der Waals surface area contributed by atoms with Crippen molar-refractivity contribution in [3.63, 3.8) is 0 Å². The average Bonchev–Trinajstić information content (AvgIpc) is 3.06. The van der Waals surface area contributed by atoms with Gasteiger partial charge in [0.2, 0.25) is 0 Å². The van der Waals surface area contributed by atoms with Crippen LogP contribution >= 0.6 is 15.9 Å². The lowest BCUT2D eigenvalue weighted by molar-refractivity contribution is -0.140. The summed E-state index contributed by atoms with van der Waals surface area (Å²) in [5.41, 5.74) is 1.11. The highest BCUT2D eigenvalue weighted by Gasteiger charge is 2.45. The molecule has 1 amide bonds. The maximum absolute atomic E-state index is 13.1. The molecule has 0 aromatic heterocycles. The number of aliphatic hydroxyl groups excluding tert-OH is 1. The van der Waals surface area contributed by atoms with Crippen molar-refractivity contribution in [2.45, 2.75) is 32.4 Å². The molecule has 1 N–H and O–H groups in total. The van der Waals surface area contributed by atoms with Gasteiger partial charge in [-0.2, -0.15) is 0 Å². The first-order valence-electron chi connectivity index (χ1n) is 10.7. The zero-order chi connectivity index (χ0) is 24.1. The number of rotatable bonds is 9. The second-order valence-electron chi connectivity index (χ2n) is 7.89. The Morgan fingerprint density at radius 1 is 1.12 bits per heavy atom. The molecule has 2 aromatic carbocycles. The lowest BCUT2D eigenvalue weighted by atomic mass is 9.95. The lowest BCUT2D eigenvalue weighted by Gasteiger charge is -2.25. The molecule has 1 aliphatic rings. The number of carbonyl (C=O) groups excluding carboxylic acids is 2. The predicted molar refractivity (Wildman–Crippen MR) is 128 cm³/mol. The Morgan fingerprint density at radius 3 is 2.52 bits per heavy atom. The smallest absolute Gasteiger partial charge is 0.295 e. The number of halogens is 1. The number of likely N-dealkylation sites (tertiary alicyclic amines) is 1. The standard InChI is InChI=1S/C25H28BrNO6/c1-15(2)33-12-6-11-27-22(16-7-5-8-18(13-16)31-3)21(24(29)25(27)30)23(28)17-9-10-20(32-4)19(26)14-17/h5,7-10,13-15,22,28H,6,11-12H2,1-4H3/b23-21-. The minimum absolute atomic E-state index is 0.0371. The summed E-state index contributed by atoms with van der Waals surface area (Å²) in [7, 11) is 3.09. The molecule has 0 radical (unpaired) electrons. The second kappa shape index (κ2) is 10.9. The van der Waals surface area contributed by atoms with E-state index in [4.69, 9.17) is 14.2 Å². The van der Waals surface area contributed by atoms with Crippen LogP contribution in [0.5, 0.6) is 11.5 Å². The average molecular weight is 518 g/mol. The quantitative estimate of drug-likeness (QED) is 0.224. The van der Waals surface area contributed by atoms with Gasteiger partial charge in [0.25, 0.3) is 11.7 Å². The molecule has 1 fully saturated rings. The third kappa shape index (κ3) is 5.39. The van der Waals surface area contributed by atoms with Gasteiger partial charge in [0.1, 0.15) is 17.3 Å². The van der Waals surface area contributed by atoms with E-state index in [0.717, 1.165) is 0 Å². The number of ketones is 1. The Labute approximate surface area is 202 Å². The van der Waals surface area contributed by atoms with Crippen LogP contribution in [0.4, 0.5) is 0 Å². The highest BCUT2D eigenvalue weighted by Crippen LogP contribution is 2.41. The van der Waals surface area contributed by atoms with E-state index in [1.54, 1.807) is 43.5 Å². The molecule has 0 spiro atoms. The third-order valence-corrected chi connectivity index (χ3v) is 5.99. The summed E-state index contributed by atoms with van der Waals surface area (Å²) in [6.45, 7) is 4.64. The first kappa shape index (κ1) is 24.8.